The van der Waals surface area contributed by atoms with Crippen LogP contribution in [0.5, 0.6) is 0 Å². The number of benzene rings is 2. The van der Waals surface area contributed by atoms with Gasteiger partial charge in [0.05, 0.1) is 17.5 Å². The number of nitrogens with one attached hydrogen (secondary N) is 1. The van der Waals surface area contributed by atoms with Crippen molar-refractivity contribution in [1.82, 2.24) is 0 Å². The van der Waals surface area contributed by atoms with Crippen LogP contribution in [0.2, 0.25) is 5.02 Å². The molecule has 0 saturated heterocycles. The van der Waals surface area contributed by atoms with Crippen LogP contribution in [0, 0.1) is 6.92 Å². The van der Waals surface area contributed by atoms with Crippen LogP contribution in [0.25, 0.3) is 0 Å². The normalized spacial score (nSPS) is 13.1. The number of carbonyl (C=O) groups excluding carboxylic acids is 1. The predicted octanol–water partition coefficient (Wildman–Crippen LogP) is 4.85. The summed E-state index contributed by atoms with van der Waals surface area (Å²) in [7, 11) is -3.90. The Bertz CT molecular complexity index is 1010. The molecule has 0 fully saturated rings. The molecule has 1 amide bonds. The second-order valence-electron chi connectivity index (χ2n) is 6.48. The highest BCUT2D eigenvalue weighted by Crippen LogP contribution is 2.32. The highest BCUT2D eigenvalue weighted by molar-refractivity contribution is 7.92. The topological polar surface area (TPSA) is 66.5 Å². The first kappa shape index (κ1) is 23.0. The third kappa shape index (κ3) is 5.63. The zero-order valence-electron chi connectivity index (χ0n) is 15.9. The molecule has 0 heterocycles. The molecule has 1 N–H and O–H groups in total. The standard InChI is InChI=1S/C19H20ClF3N2O3S/c1-4-16(18(26)24-15-7-5-6-13(10-15)19(21,22)23)25(29(3,27)28)17-11-14(20)9-8-12(17)2/h5-11,16H,4H2,1-3H3,(H,24,26)/t16-/m0/s1. The first-order valence-electron chi connectivity index (χ1n) is 8.58. The maximum absolute atomic E-state index is 12.9. The molecule has 158 valence electrons. The molecule has 0 bridgehead atoms. The summed E-state index contributed by atoms with van der Waals surface area (Å²) in [5.41, 5.74) is -0.204. The Morgan fingerprint density at radius 2 is 1.86 bits per heavy atom. The van der Waals surface area contributed by atoms with Crippen molar-refractivity contribution in [1.29, 1.82) is 0 Å². The van der Waals surface area contributed by atoms with Gasteiger partial charge in [-0.2, -0.15) is 13.2 Å². The molecule has 0 aromatic heterocycles. The van der Waals surface area contributed by atoms with Crippen LogP contribution < -0.4 is 9.62 Å². The van der Waals surface area contributed by atoms with Crippen LogP contribution in [0.15, 0.2) is 42.5 Å². The molecule has 10 heteroatoms. The number of aryl methyl sites for hydroxylation is 1. The van der Waals surface area contributed by atoms with Crippen molar-refractivity contribution in [2.45, 2.75) is 32.5 Å². The van der Waals surface area contributed by atoms with E-state index in [-0.39, 0.29) is 22.8 Å². The molecule has 0 unspecified atom stereocenters. The zero-order chi connectivity index (χ0) is 22.0. The summed E-state index contributed by atoms with van der Waals surface area (Å²) in [4.78, 5) is 12.8. The Morgan fingerprint density at radius 3 is 2.41 bits per heavy atom. The Kier molecular flexibility index (Phi) is 6.85. The molecular weight excluding hydrogens is 429 g/mol. The maximum atomic E-state index is 12.9. The lowest BCUT2D eigenvalue weighted by Gasteiger charge is -2.31. The van der Waals surface area contributed by atoms with Gasteiger partial charge in [-0.05, 0) is 49.2 Å². The number of hydrogen-bond donors (Lipinski definition) is 1. The summed E-state index contributed by atoms with van der Waals surface area (Å²) >= 11 is 6.00. The highest BCUT2D eigenvalue weighted by Gasteiger charge is 2.34. The van der Waals surface area contributed by atoms with Gasteiger partial charge in [0.15, 0.2) is 0 Å². The van der Waals surface area contributed by atoms with E-state index < -0.39 is 33.7 Å². The average molecular weight is 449 g/mol. The van der Waals surface area contributed by atoms with Gasteiger partial charge in [0.2, 0.25) is 15.9 Å². The molecule has 0 spiro atoms. The lowest BCUT2D eigenvalue weighted by Crippen LogP contribution is -2.47. The smallest absolute Gasteiger partial charge is 0.324 e. The number of amides is 1. The van der Waals surface area contributed by atoms with Gasteiger partial charge in [-0.1, -0.05) is 30.7 Å². The van der Waals surface area contributed by atoms with Crippen molar-refractivity contribution in [2.75, 3.05) is 15.9 Å². The molecule has 2 aromatic rings. The van der Waals surface area contributed by atoms with Crippen LogP contribution in [0.3, 0.4) is 0 Å². The van der Waals surface area contributed by atoms with Crippen molar-refractivity contribution in [3.8, 4) is 0 Å². The number of nitrogens with zero attached hydrogens (tertiary/aromatic N) is 1. The summed E-state index contributed by atoms with van der Waals surface area (Å²) < 4.78 is 64.6. The van der Waals surface area contributed by atoms with Crippen LogP contribution in [-0.2, 0) is 21.0 Å². The number of hydrogen-bond acceptors (Lipinski definition) is 3. The quantitative estimate of drug-likeness (QED) is 0.687. The summed E-state index contributed by atoms with van der Waals surface area (Å²) in [6.45, 7) is 3.27. The summed E-state index contributed by atoms with van der Waals surface area (Å²) in [5, 5.41) is 2.67. The van der Waals surface area contributed by atoms with Crippen LogP contribution in [-0.4, -0.2) is 26.6 Å². The minimum Gasteiger partial charge on any atom is -0.324 e. The first-order chi connectivity index (χ1) is 13.3. The van der Waals surface area contributed by atoms with Crippen molar-refractivity contribution in [3.05, 3.63) is 58.6 Å². The lowest BCUT2D eigenvalue weighted by molar-refractivity contribution is -0.137. The SMILES string of the molecule is CC[C@@H](C(=O)Nc1cccc(C(F)(F)F)c1)N(c1cc(Cl)ccc1C)S(C)(=O)=O. The monoisotopic (exact) mass is 448 g/mol. The second kappa shape index (κ2) is 8.62. The Labute approximate surface area is 172 Å². The third-order valence-electron chi connectivity index (χ3n) is 4.20. The van der Waals surface area contributed by atoms with Crippen molar-refractivity contribution in [3.63, 3.8) is 0 Å². The fourth-order valence-corrected chi connectivity index (χ4v) is 4.28. The minimum atomic E-state index is -4.57. The van der Waals surface area contributed by atoms with E-state index in [1.807, 2.05) is 0 Å². The molecule has 1 atom stereocenters. The number of carbonyl (C=O) groups is 1. The van der Waals surface area contributed by atoms with Gasteiger partial charge in [-0.3, -0.25) is 9.10 Å². The summed E-state index contributed by atoms with van der Waals surface area (Å²) in [6, 6.07) is 7.59. The number of alkyl halides is 3. The van der Waals surface area contributed by atoms with E-state index in [0.29, 0.717) is 5.56 Å². The van der Waals surface area contributed by atoms with Gasteiger partial charge in [-0.25, -0.2) is 8.42 Å². The number of rotatable bonds is 6. The molecular formula is C19H20ClF3N2O3S. The van der Waals surface area contributed by atoms with Gasteiger partial charge in [0.1, 0.15) is 6.04 Å². The molecule has 2 aromatic carbocycles. The van der Waals surface area contributed by atoms with Gasteiger partial charge in [0, 0.05) is 10.7 Å². The van der Waals surface area contributed by atoms with E-state index in [2.05, 4.69) is 5.32 Å². The summed E-state index contributed by atoms with van der Waals surface area (Å²) in [5.74, 6) is -0.753. The van der Waals surface area contributed by atoms with E-state index >= 15 is 0 Å². The molecule has 0 aliphatic rings. The van der Waals surface area contributed by atoms with Gasteiger partial charge in [0.25, 0.3) is 0 Å². The highest BCUT2D eigenvalue weighted by atomic mass is 35.5. The molecule has 0 aliphatic carbocycles. The van der Waals surface area contributed by atoms with E-state index in [1.165, 1.54) is 12.1 Å². The third-order valence-corrected chi connectivity index (χ3v) is 5.60. The average Bonchev–Trinajstić information content (AvgIpc) is 2.60. The predicted molar refractivity (Wildman–Crippen MR) is 108 cm³/mol. The first-order valence-corrected chi connectivity index (χ1v) is 10.8. The van der Waals surface area contributed by atoms with E-state index in [9.17, 15) is 26.4 Å². The minimum absolute atomic E-state index is 0.0838. The zero-order valence-corrected chi connectivity index (χ0v) is 17.5. The van der Waals surface area contributed by atoms with Gasteiger partial charge in [-0.15, -0.1) is 0 Å². The van der Waals surface area contributed by atoms with Crippen molar-refractivity contribution < 1.29 is 26.4 Å². The largest absolute Gasteiger partial charge is 0.416 e. The van der Waals surface area contributed by atoms with Crippen molar-refractivity contribution >= 4 is 38.9 Å². The molecule has 5 nitrogen and oxygen atoms in total. The van der Waals surface area contributed by atoms with Crippen LogP contribution in [0.1, 0.15) is 24.5 Å². The van der Waals surface area contributed by atoms with Crippen LogP contribution >= 0.6 is 11.6 Å². The molecule has 0 aliphatic heterocycles. The lowest BCUT2D eigenvalue weighted by atomic mass is 10.1. The summed E-state index contributed by atoms with van der Waals surface area (Å²) in [6.07, 6.45) is -3.53. The number of anilines is 2. The van der Waals surface area contributed by atoms with Crippen molar-refractivity contribution in [2.24, 2.45) is 0 Å². The fourth-order valence-electron chi connectivity index (χ4n) is 2.85. The molecule has 2 rings (SSSR count). The number of sulfonamides is 1. The van der Waals surface area contributed by atoms with E-state index in [1.54, 1.807) is 26.0 Å². The second-order valence-corrected chi connectivity index (χ2v) is 8.78. The number of halogens is 4. The van der Waals surface area contributed by atoms with Gasteiger partial charge < -0.3 is 5.32 Å². The fraction of sp³-hybridized carbons (Fsp3) is 0.316. The Hall–Kier alpha value is -2.26. The molecule has 29 heavy (non-hydrogen) atoms. The van der Waals surface area contributed by atoms with Crippen LogP contribution in [0.4, 0.5) is 24.5 Å². The molecule has 0 radical (unpaired) electrons. The Balaban J connectivity index is 2.43. The Morgan fingerprint density at radius 1 is 1.21 bits per heavy atom. The molecule has 0 saturated carbocycles. The van der Waals surface area contributed by atoms with E-state index in [4.69, 9.17) is 11.6 Å². The van der Waals surface area contributed by atoms with E-state index in [0.717, 1.165) is 28.8 Å². The van der Waals surface area contributed by atoms with Gasteiger partial charge >= 0.3 is 6.18 Å². The maximum Gasteiger partial charge on any atom is 0.416 e.